The topological polar surface area (TPSA) is 80.7 Å². The number of likely N-dealkylation sites (N-methyl/N-ethyl adjacent to an activating group) is 1. The molecular formula is C37H54N8OSi. The molecule has 1 N–H and O–H groups in total. The number of urea groups is 1. The van der Waals surface area contributed by atoms with E-state index in [1.165, 1.54) is 18.5 Å². The van der Waals surface area contributed by atoms with Crippen molar-refractivity contribution in [2.45, 2.75) is 89.9 Å². The third kappa shape index (κ3) is 7.41. The van der Waals surface area contributed by atoms with Crippen LogP contribution >= 0.6 is 0 Å². The molecule has 3 aromatic rings. The largest absolute Gasteiger partial charge is 0.369 e. The Morgan fingerprint density at radius 3 is 2.15 bits per heavy atom. The molecule has 0 spiro atoms. The van der Waals surface area contributed by atoms with E-state index in [2.05, 4.69) is 99.4 Å². The van der Waals surface area contributed by atoms with Gasteiger partial charge in [0.2, 0.25) is 5.95 Å². The molecule has 3 heterocycles. The molecule has 10 heteroatoms. The fourth-order valence-electron chi connectivity index (χ4n) is 7.67. The van der Waals surface area contributed by atoms with Crippen LogP contribution < -0.4 is 15.1 Å². The van der Waals surface area contributed by atoms with Gasteiger partial charge in [0, 0.05) is 69.5 Å². The summed E-state index contributed by atoms with van der Waals surface area (Å²) in [7, 11) is 3.87. The van der Waals surface area contributed by atoms with Gasteiger partial charge in [0.1, 0.15) is 13.9 Å². The van der Waals surface area contributed by atoms with Crippen molar-refractivity contribution in [2.24, 2.45) is 0 Å². The van der Waals surface area contributed by atoms with E-state index in [0.717, 1.165) is 55.7 Å². The lowest BCUT2D eigenvalue weighted by atomic mass is 10.2. The minimum absolute atomic E-state index is 0.0641. The zero-order valence-electron chi connectivity index (χ0n) is 30.0. The number of carbonyl (C=O) groups is 1. The van der Waals surface area contributed by atoms with Crippen LogP contribution in [0.5, 0.6) is 0 Å². The highest BCUT2D eigenvalue weighted by Gasteiger charge is 2.41. The number of benzene rings is 1. The molecule has 47 heavy (non-hydrogen) atoms. The van der Waals surface area contributed by atoms with E-state index in [9.17, 15) is 4.79 Å². The maximum Gasteiger partial charge on any atom is 0.325 e. The zero-order valence-corrected chi connectivity index (χ0v) is 31.0. The summed E-state index contributed by atoms with van der Waals surface area (Å²) in [6.07, 6.45) is 6.24. The first-order valence-corrected chi connectivity index (χ1v) is 19.7. The van der Waals surface area contributed by atoms with Gasteiger partial charge in [-0.05, 0) is 66.8 Å². The number of hydrogen-bond acceptors (Lipinski definition) is 7. The molecule has 2 fully saturated rings. The average Bonchev–Trinajstić information content (AvgIpc) is 3.59. The van der Waals surface area contributed by atoms with Crippen LogP contribution in [0.4, 0.5) is 27.9 Å². The third-order valence-electron chi connectivity index (χ3n) is 10.6. The smallest absolute Gasteiger partial charge is 0.325 e. The molecule has 5 rings (SSSR count). The van der Waals surface area contributed by atoms with Gasteiger partial charge in [-0.15, -0.1) is 5.54 Å². The number of rotatable bonds is 8. The summed E-state index contributed by atoms with van der Waals surface area (Å²) in [6, 6.07) is 10.6. The Morgan fingerprint density at radius 2 is 1.55 bits per heavy atom. The Kier molecular flexibility index (Phi) is 10.8. The van der Waals surface area contributed by atoms with Gasteiger partial charge in [0.15, 0.2) is 5.65 Å². The second kappa shape index (κ2) is 14.6. The number of hydrogen-bond donors (Lipinski definition) is 1. The van der Waals surface area contributed by atoms with E-state index >= 15 is 0 Å². The van der Waals surface area contributed by atoms with Gasteiger partial charge in [-0.3, -0.25) is 4.90 Å². The number of nitrogens with one attached hydrogen (secondary N) is 1. The van der Waals surface area contributed by atoms with E-state index in [4.69, 9.17) is 15.0 Å². The van der Waals surface area contributed by atoms with Crippen molar-refractivity contribution in [1.82, 2.24) is 24.8 Å². The van der Waals surface area contributed by atoms with E-state index in [-0.39, 0.29) is 12.1 Å². The maximum absolute atomic E-state index is 13.7. The standard InChI is InChI=1S/C37H54N8OSi/c1-26(2)47(27(3)4,28(5)6)23-18-29-24-34(44(9)37(46)43(8)31-12-10-11-13-31)40-35-33(29)25-38-36(41-35)39-30-14-16-32(17-15-30)45-21-19-42(7)20-22-45/h14-17,24-28,31H,10-13,19-22H2,1-9H3,(H,38,39,40,41). The first kappa shape index (κ1) is 34.6. The summed E-state index contributed by atoms with van der Waals surface area (Å²) < 4.78 is 0. The average molecular weight is 655 g/mol. The summed E-state index contributed by atoms with van der Waals surface area (Å²) in [5.74, 6) is 4.62. The van der Waals surface area contributed by atoms with Gasteiger partial charge in [0.05, 0.1) is 5.39 Å². The molecule has 1 aliphatic heterocycles. The number of amides is 2. The van der Waals surface area contributed by atoms with Crippen molar-refractivity contribution < 1.29 is 4.79 Å². The highest BCUT2D eigenvalue weighted by atomic mass is 28.3. The molecule has 9 nitrogen and oxygen atoms in total. The molecule has 0 bridgehead atoms. The van der Waals surface area contributed by atoms with Crippen molar-refractivity contribution in [3.05, 3.63) is 42.1 Å². The van der Waals surface area contributed by atoms with E-state index in [1.807, 2.05) is 24.2 Å². The summed E-state index contributed by atoms with van der Waals surface area (Å²) >= 11 is 0. The van der Waals surface area contributed by atoms with Gasteiger partial charge < -0.3 is 20.0 Å². The van der Waals surface area contributed by atoms with Crippen LogP contribution in [-0.2, 0) is 0 Å². The lowest BCUT2D eigenvalue weighted by molar-refractivity contribution is 0.199. The van der Waals surface area contributed by atoms with Crippen molar-refractivity contribution in [1.29, 1.82) is 0 Å². The summed E-state index contributed by atoms with van der Waals surface area (Å²) in [4.78, 5) is 36.4. The fraction of sp³-hybridized carbons (Fsp3) is 0.568. The van der Waals surface area contributed by atoms with E-state index in [1.54, 1.807) is 11.9 Å². The third-order valence-corrected chi connectivity index (χ3v) is 16.9. The molecule has 0 unspecified atom stereocenters. The van der Waals surface area contributed by atoms with E-state index < -0.39 is 8.07 Å². The van der Waals surface area contributed by atoms with Gasteiger partial charge in [-0.2, -0.15) is 4.98 Å². The van der Waals surface area contributed by atoms with Crippen LogP contribution in [0.2, 0.25) is 16.6 Å². The second-order valence-corrected chi connectivity index (χ2v) is 20.0. The van der Waals surface area contributed by atoms with Crippen LogP contribution in [0.25, 0.3) is 11.0 Å². The number of nitrogens with zero attached hydrogens (tertiary/aromatic N) is 7. The van der Waals surface area contributed by atoms with Crippen LogP contribution in [0, 0.1) is 11.5 Å². The number of pyridine rings is 1. The fourth-order valence-corrected chi connectivity index (χ4v) is 12.9. The highest BCUT2D eigenvalue weighted by Crippen LogP contribution is 2.41. The lowest BCUT2D eigenvalue weighted by Gasteiger charge is -2.38. The lowest BCUT2D eigenvalue weighted by Crippen LogP contribution is -2.44. The van der Waals surface area contributed by atoms with Crippen molar-refractivity contribution in [3.8, 4) is 11.5 Å². The summed E-state index contributed by atoms with van der Waals surface area (Å²) in [6.45, 7) is 18.1. The van der Waals surface area contributed by atoms with Crippen molar-refractivity contribution >= 4 is 48.3 Å². The van der Waals surface area contributed by atoms with Gasteiger partial charge in [0.25, 0.3) is 0 Å². The van der Waals surface area contributed by atoms with Gasteiger partial charge in [-0.1, -0.05) is 60.3 Å². The molecule has 2 amide bonds. The predicted molar refractivity (Wildman–Crippen MR) is 199 cm³/mol. The van der Waals surface area contributed by atoms with Crippen molar-refractivity contribution in [3.63, 3.8) is 0 Å². The maximum atomic E-state index is 13.7. The SMILES string of the molecule is CC(C)[Si](C#Cc1cc(N(C)C(=O)N(C)C2CCCC2)nc2nc(Nc3ccc(N4CCN(C)CC4)cc3)ncc12)(C(C)C)C(C)C. The number of anilines is 4. The molecule has 2 aliphatic rings. The van der Waals surface area contributed by atoms with Gasteiger partial charge in [-0.25, -0.2) is 14.8 Å². The molecule has 0 radical (unpaired) electrons. The minimum atomic E-state index is -2.01. The predicted octanol–water partition coefficient (Wildman–Crippen LogP) is 7.52. The molecule has 1 saturated heterocycles. The van der Waals surface area contributed by atoms with Crippen LogP contribution in [0.1, 0.15) is 72.8 Å². The monoisotopic (exact) mass is 654 g/mol. The first-order valence-electron chi connectivity index (χ1n) is 17.4. The summed E-state index contributed by atoms with van der Waals surface area (Å²) in [5, 5.41) is 4.17. The highest BCUT2D eigenvalue weighted by molar-refractivity contribution is 6.90. The zero-order chi connectivity index (χ0) is 33.9. The number of piperazine rings is 1. The van der Waals surface area contributed by atoms with Gasteiger partial charge >= 0.3 is 6.03 Å². The first-order chi connectivity index (χ1) is 22.4. The molecule has 252 valence electrons. The second-order valence-electron chi connectivity index (χ2n) is 14.5. The molecular weight excluding hydrogens is 601 g/mol. The molecule has 1 aromatic carbocycles. The Morgan fingerprint density at radius 1 is 0.936 bits per heavy atom. The Labute approximate surface area is 283 Å². The van der Waals surface area contributed by atoms with E-state index in [0.29, 0.717) is 34.0 Å². The quantitative estimate of drug-likeness (QED) is 0.199. The number of aromatic nitrogens is 3. The molecule has 0 atom stereocenters. The Balaban J connectivity index is 1.50. The number of fused-ring (bicyclic) bond motifs is 1. The van der Waals surface area contributed by atoms with Crippen LogP contribution in [0.15, 0.2) is 36.5 Å². The Hall–Kier alpha value is -3.68. The van der Waals surface area contributed by atoms with Crippen LogP contribution in [-0.4, -0.2) is 92.2 Å². The minimum Gasteiger partial charge on any atom is -0.369 e. The Bertz CT molecular complexity index is 1580. The molecule has 1 saturated carbocycles. The summed E-state index contributed by atoms with van der Waals surface area (Å²) in [5.41, 5.74) is 8.83. The van der Waals surface area contributed by atoms with Crippen LogP contribution in [0.3, 0.4) is 0 Å². The molecule has 1 aliphatic carbocycles. The molecule has 2 aromatic heterocycles. The normalized spacial score (nSPS) is 16.2. The number of carbonyl (C=O) groups excluding carboxylic acids is 1. The van der Waals surface area contributed by atoms with Crippen molar-refractivity contribution in [2.75, 3.05) is 62.4 Å².